The average molecular weight is 515 g/mol. The second-order valence-electron chi connectivity index (χ2n) is 6.72. The van der Waals surface area contributed by atoms with Crippen LogP contribution in [0.15, 0.2) is 0 Å². The third-order valence-corrected chi connectivity index (χ3v) is 5.47. The molecule has 0 bridgehead atoms. The lowest BCUT2D eigenvalue weighted by Crippen LogP contribution is -2.67. The predicted molar refractivity (Wildman–Crippen MR) is 92.0 cm³/mol. The van der Waals surface area contributed by atoms with Crippen LogP contribution in [-0.4, -0.2) is 131 Å². The summed E-state index contributed by atoms with van der Waals surface area (Å²) in [5, 5.41) is 58.9. The lowest BCUT2D eigenvalue weighted by Gasteiger charge is -2.45. The van der Waals surface area contributed by atoms with Crippen LogP contribution in [0.4, 0.5) is 0 Å². The maximum Gasteiger partial charge on any atom is 0.397 e. The maximum atomic E-state index is 11.2. The van der Waals surface area contributed by atoms with Crippen molar-refractivity contribution in [2.45, 2.75) is 61.3 Å². The van der Waals surface area contributed by atoms with Crippen LogP contribution < -0.4 is 4.72 Å². The van der Waals surface area contributed by atoms with Crippen molar-refractivity contribution >= 4 is 26.7 Å². The van der Waals surface area contributed by atoms with Crippen LogP contribution in [0.3, 0.4) is 0 Å². The number of aliphatic carboxylic acids is 1. The molecule has 0 aromatic heterocycles. The Labute approximate surface area is 179 Å². The summed E-state index contributed by atoms with van der Waals surface area (Å²) in [4.78, 5) is 11.2. The summed E-state index contributed by atoms with van der Waals surface area (Å²) < 4.78 is 81.8. The van der Waals surface area contributed by atoms with Gasteiger partial charge in [-0.3, -0.25) is 9.11 Å². The number of ether oxygens (including phenoxy) is 3. The maximum absolute atomic E-state index is 11.2. The van der Waals surface area contributed by atoms with Gasteiger partial charge in [0, 0.05) is 0 Å². The Hall–Kier alpha value is -1.11. The number of rotatable bonds is 8. The molecule has 2 fully saturated rings. The lowest BCUT2D eigenvalue weighted by atomic mass is 9.96. The number of aliphatic hydroxyl groups is 5. The zero-order valence-corrected chi connectivity index (χ0v) is 17.2. The van der Waals surface area contributed by atoms with E-state index in [4.69, 9.17) is 28.4 Å². The van der Waals surface area contributed by atoms with Crippen molar-refractivity contribution < 1.29 is 79.8 Å². The van der Waals surface area contributed by atoms with Gasteiger partial charge in [-0.25, -0.2) is 8.98 Å². The van der Waals surface area contributed by atoms with Crippen LogP contribution in [0.5, 0.6) is 0 Å². The van der Waals surface area contributed by atoms with Gasteiger partial charge < -0.3 is 44.8 Å². The summed E-state index contributed by atoms with van der Waals surface area (Å²) in [5.41, 5.74) is 0. The summed E-state index contributed by atoms with van der Waals surface area (Å²) in [7, 11) is -10.1. The zero-order valence-electron chi connectivity index (χ0n) is 15.5. The monoisotopic (exact) mass is 515 g/mol. The highest BCUT2D eigenvalue weighted by molar-refractivity contribution is 7.83. The molecule has 0 amide bonds. The van der Waals surface area contributed by atoms with Crippen molar-refractivity contribution in [2.75, 3.05) is 6.61 Å². The predicted octanol–water partition coefficient (Wildman–Crippen LogP) is -6.08. The highest BCUT2D eigenvalue weighted by Crippen LogP contribution is 2.29. The van der Waals surface area contributed by atoms with Gasteiger partial charge in [0.15, 0.2) is 18.7 Å². The molecule has 2 aliphatic heterocycles. The van der Waals surface area contributed by atoms with E-state index in [-0.39, 0.29) is 0 Å². The fourth-order valence-electron chi connectivity index (χ4n) is 3.01. The van der Waals surface area contributed by atoms with Gasteiger partial charge in [0.2, 0.25) is 0 Å². The first-order chi connectivity index (χ1) is 14.5. The first-order valence-corrected chi connectivity index (χ1v) is 11.3. The van der Waals surface area contributed by atoms with Crippen molar-refractivity contribution in [3.05, 3.63) is 0 Å². The van der Waals surface area contributed by atoms with Gasteiger partial charge in [0.25, 0.3) is 0 Å². The third kappa shape index (κ3) is 6.71. The molecule has 0 saturated carbocycles. The quantitative estimate of drug-likeness (QED) is 0.136. The Morgan fingerprint density at radius 3 is 2.00 bits per heavy atom. The van der Waals surface area contributed by atoms with Gasteiger partial charge in [-0.05, 0) is 0 Å². The molecule has 0 aromatic rings. The van der Waals surface area contributed by atoms with Crippen molar-refractivity contribution in [1.82, 2.24) is 4.72 Å². The minimum Gasteiger partial charge on any atom is -0.479 e. The Bertz CT molecular complexity index is 876. The average Bonchev–Trinajstić information content (AvgIpc) is 2.64. The van der Waals surface area contributed by atoms with E-state index in [1.54, 1.807) is 0 Å². The highest BCUT2D eigenvalue weighted by Gasteiger charge is 2.52. The summed E-state index contributed by atoms with van der Waals surface area (Å²) in [6.07, 6.45) is -18.9. The van der Waals surface area contributed by atoms with Crippen LogP contribution in [0.2, 0.25) is 0 Å². The SMILES string of the molecule is O=C(O)[C@@H]1O[C@@H](O[C@H]2[C@H](O)[C@@H](NS(=O)(=O)O)[C@@H](O)O[C@@H]2COS(=O)(=O)O)[C@H](O)[C@@H](O)[C@@H]1O. The molecule has 0 spiro atoms. The van der Waals surface area contributed by atoms with Crippen LogP contribution >= 0.6 is 0 Å². The van der Waals surface area contributed by atoms with Gasteiger partial charge >= 0.3 is 26.7 Å². The van der Waals surface area contributed by atoms with E-state index < -0.39 is 94.6 Å². The molecule has 9 N–H and O–H groups in total. The molecule has 20 heteroatoms. The number of hydrogen-bond donors (Lipinski definition) is 9. The van der Waals surface area contributed by atoms with E-state index in [1.165, 1.54) is 4.72 Å². The summed E-state index contributed by atoms with van der Waals surface area (Å²) in [6.45, 7) is -1.16. The number of carboxylic acid groups (broad SMARTS) is 1. The normalized spacial score (nSPS) is 41.3. The van der Waals surface area contributed by atoms with Gasteiger partial charge in [-0.2, -0.15) is 21.6 Å². The standard InChI is InChI=1S/C12H21NO17S2/c14-4-3(13-31(21,22)23)11(20)28-2(1-27-32(24,25)26)8(4)29-12-7(17)5(15)6(16)9(30-12)10(18)19/h2-9,11-17,20H,1H2,(H,18,19)(H,21,22,23)(H,24,25,26)/t2-,3-,4-,5+,6+,7-,8-,9-,11+,12-/m1/s1. The zero-order chi connectivity index (χ0) is 24.6. The minimum atomic E-state index is -5.09. The second kappa shape index (κ2) is 10.0. The van der Waals surface area contributed by atoms with Crippen LogP contribution in [0.1, 0.15) is 0 Å². The van der Waals surface area contributed by atoms with E-state index in [0.29, 0.717) is 0 Å². The summed E-state index contributed by atoms with van der Waals surface area (Å²) in [6, 6.07) is -2.05. The van der Waals surface area contributed by atoms with Gasteiger partial charge in [0.05, 0.1) is 6.61 Å². The Morgan fingerprint density at radius 1 is 0.906 bits per heavy atom. The minimum absolute atomic E-state index is 1.16. The Morgan fingerprint density at radius 2 is 1.50 bits per heavy atom. The van der Waals surface area contributed by atoms with E-state index in [9.17, 15) is 47.2 Å². The smallest absolute Gasteiger partial charge is 0.397 e. The summed E-state index contributed by atoms with van der Waals surface area (Å²) in [5.74, 6) is -1.79. The van der Waals surface area contributed by atoms with Crippen LogP contribution in [0, 0.1) is 0 Å². The molecule has 10 atom stereocenters. The van der Waals surface area contributed by atoms with Crippen LogP contribution in [-0.2, 0) is 43.9 Å². The molecular formula is C12H21NO17S2. The number of hydrogen-bond acceptors (Lipinski definition) is 14. The molecule has 0 aliphatic carbocycles. The molecule has 2 aliphatic rings. The fraction of sp³-hybridized carbons (Fsp3) is 0.917. The topological polar surface area (TPSA) is 296 Å². The van der Waals surface area contributed by atoms with E-state index >= 15 is 0 Å². The van der Waals surface area contributed by atoms with E-state index in [0.717, 1.165) is 0 Å². The largest absolute Gasteiger partial charge is 0.479 e. The molecule has 2 heterocycles. The lowest BCUT2D eigenvalue weighted by molar-refractivity contribution is -0.339. The molecule has 2 rings (SSSR count). The molecule has 0 aromatic carbocycles. The fourth-order valence-corrected chi connectivity index (χ4v) is 3.91. The molecule has 188 valence electrons. The van der Waals surface area contributed by atoms with Gasteiger partial charge in [-0.1, -0.05) is 0 Å². The first-order valence-electron chi connectivity index (χ1n) is 8.48. The van der Waals surface area contributed by atoms with E-state index in [1.807, 2.05) is 0 Å². The molecular weight excluding hydrogens is 494 g/mol. The van der Waals surface area contributed by atoms with Crippen molar-refractivity contribution in [2.24, 2.45) is 0 Å². The second-order valence-corrected chi connectivity index (χ2v) is 9.00. The molecule has 32 heavy (non-hydrogen) atoms. The number of carbonyl (C=O) groups is 1. The highest BCUT2D eigenvalue weighted by atomic mass is 32.3. The van der Waals surface area contributed by atoms with Gasteiger partial charge in [0.1, 0.15) is 42.7 Å². The van der Waals surface area contributed by atoms with Crippen molar-refractivity contribution in [3.8, 4) is 0 Å². The Balaban J connectivity index is 2.32. The van der Waals surface area contributed by atoms with Crippen molar-refractivity contribution in [3.63, 3.8) is 0 Å². The van der Waals surface area contributed by atoms with Gasteiger partial charge in [-0.15, -0.1) is 0 Å². The molecule has 0 radical (unpaired) electrons. The van der Waals surface area contributed by atoms with Crippen molar-refractivity contribution in [1.29, 1.82) is 0 Å². The number of carboxylic acids is 1. The third-order valence-electron chi connectivity index (χ3n) is 4.46. The molecule has 2 saturated heterocycles. The van der Waals surface area contributed by atoms with E-state index in [2.05, 4.69) is 4.18 Å². The first kappa shape index (κ1) is 27.1. The summed E-state index contributed by atoms with van der Waals surface area (Å²) >= 11 is 0. The number of aliphatic hydroxyl groups excluding tert-OH is 5. The molecule has 0 unspecified atom stereocenters. The molecule has 18 nitrogen and oxygen atoms in total. The van der Waals surface area contributed by atoms with Crippen LogP contribution in [0.25, 0.3) is 0 Å². The Kier molecular flexibility index (Phi) is 8.50. The number of nitrogens with one attached hydrogen (secondary N) is 1.